The lowest BCUT2D eigenvalue weighted by molar-refractivity contribution is 0.445. The zero-order valence-electron chi connectivity index (χ0n) is 11.5. The molecule has 0 amide bonds. The van der Waals surface area contributed by atoms with Gasteiger partial charge < -0.3 is 9.73 Å². The number of furan rings is 1. The van der Waals surface area contributed by atoms with Crippen molar-refractivity contribution >= 4 is 22.4 Å². The molecule has 102 valence electrons. The van der Waals surface area contributed by atoms with Gasteiger partial charge in [-0.2, -0.15) is 0 Å². The Morgan fingerprint density at radius 2 is 1.75 bits per heavy atom. The first-order valence-electron chi connectivity index (χ1n) is 6.61. The van der Waals surface area contributed by atoms with E-state index >= 15 is 0 Å². The minimum absolute atomic E-state index is 0.0193. The van der Waals surface area contributed by atoms with Gasteiger partial charge in [0.25, 0.3) is 0 Å². The van der Waals surface area contributed by atoms with Gasteiger partial charge in [-0.3, -0.25) is 0 Å². The maximum Gasteiger partial charge on any atom is 0.125 e. The van der Waals surface area contributed by atoms with Gasteiger partial charge in [-0.25, -0.2) is 0 Å². The van der Waals surface area contributed by atoms with Crippen LogP contribution in [-0.2, 0) is 0 Å². The summed E-state index contributed by atoms with van der Waals surface area (Å²) < 4.78 is 5.77. The second kappa shape index (κ2) is 5.31. The van der Waals surface area contributed by atoms with Crippen molar-refractivity contribution in [3.63, 3.8) is 0 Å². The predicted octanol–water partition coefficient (Wildman–Crippen LogP) is 4.70. The molecule has 0 aliphatic carbocycles. The summed E-state index contributed by atoms with van der Waals surface area (Å²) in [6.07, 6.45) is 0. The molecule has 0 radical (unpaired) electrons. The molecule has 0 spiro atoms. The first-order chi connectivity index (χ1) is 9.70. The molecule has 1 aromatic heterocycles. The van der Waals surface area contributed by atoms with E-state index in [1.807, 2.05) is 50.4 Å². The molecule has 1 heterocycles. The Morgan fingerprint density at radius 3 is 2.40 bits per heavy atom. The third kappa shape index (κ3) is 2.21. The van der Waals surface area contributed by atoms with E-state index in [2.05, 4.69) is 17.4 Å². The highest BCUT2D eigenvalue weighted by molar-refractivity contribution is 6.35. The molecule has 2 nitrogen and oxygen atoms in total. The van der Waals surface area contributed by atoms with Gasteiger partial charge in [-0.1, -0.05) is 41.9 Å². The van der Waals surface area contributed by atoms with Gasteiger partial charge in [0.05, 0.1) is 6.04 Å². The summed E-state index contributed by atoms with van der Waals surface area (Å²) in [5.74, 6) is 1.83. The van der Waals surface area contributed by atoms with Crippen molar-refractivity contribution in [2.75, 3.05) is 7.05 Å². The predicted molar refractivity (Wildman–Crippen MR) is 83.3 cm³/mol. The SMILES string of the molecule is CNC(c1ccc(C)o1)c1ccc(Cl)c2ccccc12. The molecule has 0 saturated heterocycles. The average Bonchev–Trinajstić information content (AvgIpc) is 2.89. The highest BCUT2D eigenvalue weighted by Crippen LogP contribution is 2.33. The number of hydrogen-bond acceptors (Lipinski definition) is 2. The van der Waals surface area contributed by atoms with Gasteiger partial charge in [0.15, 0.2) is 0 Å². The van der Waals surface area contributed by atoms with Crippen LogP contribution >= 0.6 is 11.6 Å². The summed E-state index contributed by atoms with van der Waals surface area (Å²) >= 11 is 6.28. The lowest BCUT2D eigenvalue weighted by Gasteiger charge is -2.17. The third-order valence-electron chi connectivity index (χ3n) is 3.55. The topological polar surface area (TPSA) is 25.2 Å². The van der Waals surface area contributed by atoms with Crippen molar-refractivity contribution in [1.29, 1.82) is 0 Å². The maximum absolute atomic E-state index is 6.28. The smallest absolute Gasteiger partial charge is 0.125 e. The Labute approximate surface area is 123 Å². The molecule has 3 rings (SSSR count). The van der Waals surface area contributed by atoms with Crippen LogP contribution < -0.4 is 5.32 Å². The van der Waals surface area contributed by atoms with Crippen LogP contribution in [0.25, 0.3) is 10.8 Å². The summed E-state index contributed by atoms with van der Waals surface area (Å²) in [6, 6.07) is 16.2. The Balaban J connectivity index is 2.20. The largest absolute Gasteiger partial charge is 0.464 e. The van der Waals surface area contributed by atoms with Crippen molar-refractivity contribution in [3.05, 3.63) is 70.6 Å². The standard InChI is InChI=1S/C17H16ClNO/c1-11-7-10-16(20-11)17(19-2)14-8-9-15(18)13-6-4-3-5-12(13)14/h3-10,17,19H,1-2H3. The monoisotopic (exact) mass is 285 g/mol. The van der Waals surface area contributed by atoms with Gasteiger partial charge in [0, 0.05) is 10.4 Å². The highest BCUT2D eigenvalue weighted by Gasteiger charge is 2.18. The van der Waals surface area contributed by atoms with Crippen molar-refractivity contribution < 1.29 is 4.42 Å². The normalized spacial score (nSPS) is 12.8. The quantitative estimate of drug-likeness (QED) is 0.754. The van der Waals surface area contributed by atoms with E-state index in [9.17, 15) is 0 Å². The number of fused-ring (bicyclic) bond motifs is 1. The molecule has 0 aliphatic rings. The van der Waals surface area contributed by atoms with Crippen LogP contribution in [0.3, 0.4) is 0 Å². The van der Waals surface area contributed by atoms with Gasteiger partial charge in [-0.05, 0) is 43.1 Å². The zero-order valence-corrected chi connectivity index (χ0v) is 12.2. The van der Waals surface area contributed by atoms with Crippen LogP contribution in [0.4, 0.5) is 0 Å². The van der Waals surface area contributed by atoms with Crippen LogP contribution in [0.5, 0.6) is 0 Å². The van der Waals surface area contributed by atoms with E-state index in [0.29, 0.717) is 0 Å². The molecule has 1 atom stereocenters. The number of rotatable bonds is 3. The minimum Gasteiger partial charge on any atom is -0.464 e. The van der Waals surface area contributed by atoms with Gasteiger partial charge >= 0.3 is 0 Å². The van der Waals surface area contributed by atoms with Crippen molar-refractivity contribution in [3.8, 4) is 0 Å². The molecule has 1 unspecified atom stereocenters. The highest BCUT2D eigenvalue weighted by atomic mass is 35.5. The van der Waals surface area contributed by atoms with Crippen molar-refractivity contribution in [2.45, 2.75) is 13.0 Å². The van der Waals surface area contributed by atoms with E-state index in [0.717, 1.165) is 27.3 Å². The summed E-state index contributed by atoms with van der Waals surface area (Å²) in [7, 11) is 1.94. The van der Waals surface area contributed by atoms with E-state index in [4.69, 9.17) is 16.0 Å². The fourth-order valence-electron chi connectivity index (χ4n) is 2.60. The molecule has 0 bridgehead atoms. The lowest BCUT2D eigenvalue weighted by atomic mass is 9.97. The lowest BCUT2D eigenvalue weighted by Crippen LogP contribution is -2.17. The summed E-state index contributed by atoms with van der Waals surface area (Å²) in [5, 5.41) is 6.31. The first-order valence-corrected chi connectivity index (χ1v) is 6.99. The van der Waals surface area contributed by atoms with Gasteiger partial charge in [0.1, 0.15) is 11.5 Å². The number of benzene rings is 2. The number of nitrogens with one attached hydrogen (secondary N) is 1. The Kier molecular flexibility index (Phi) is 3.51. The molecule has 3 heteroatoms. The van der Waals surface area contributed by atoms with Crippen LogP contribution in [0.15, 0.2) is 52.9 Å². The molecular formula is C17H16ClNO. The molecule has 2 aromatic carbocycles. The molecule has 0 saturated carbocycles. The summed E-state index contributed by atoms with van der Waals surface area (Å²) in [5.41, 5.74) is 1.17. The van der Waals surface area contributed by atoms with Crippen LogP contribution in [-0.4, -0.2) is 7.05 Å². The fourth-order valence-corrected chi connectivity index (χ4v) is 2.82. The summed E-state index contributed by atoms with van der Waals surface area (Å²) in [6.45, 7) is 1.95. The Bertz CT molecular complexity index is 748. The first kappa shape index (κ1) is 13.2. The van der Waals surface area contributed by atoms with Gasteiger partial charge in [0.2, 0.25) is 0 Å². The molecular weight excluding hydrogens is 270 g/mol. The second-order valence-electron chi connectivity index (χ2n) is 4.85. The maximum atomic E-state index is 6.28. The van der Waals surface area contributed by atoms with Crippen LogP contribution in [0, 0.1) is 6.92 Å². The average molecular weight is 286 g/mol. The van der Waals surface area contributed by atoms with Crippen LogP contribution in [0.2, 0.25) is 5.02 Å². The van der Waals surface area contributed by atoms with E-state index in [-0.39, 0.29) is 6.04 Å². The van der Waals surface area contributed by atoms with E-state index in [1.165, 1.54) is 5.56 Å². The molecule has 1 N–H and O–H groups in total. The number of aryl methyl sites for hydroxylation is 1. The summed E-state index contributed by atoms with van der Waals surface area (Å²) in [4.78, 5) is 0. The molecule has 3 aromatic rings. The van der Waals surface area contributed by atoms with Crippen LogP contribution in [0.1, 0.15) is 23.1 Å². The second-order valence-corrected chi connectivity index (χ2v) is 5.26. The number of halogens is 1. The Hall–Kier alpha value is -1.77. The molecule has 20 heavy (non-hydrogen) atoms. The minimum atomic E-state index is 0.0193. The Morgan fingerprint density at radius 1 is 1.00 bits per heavy atom. The van der Waals surface area contributed by atoms with E-state index in [1.54, 1.807) is 0 Å². The van der Waals surface area contributed by atoms with Crippen molar-refractivity contribution in [2.24, 2.45) is 0 Å². The zero-order chi connectivity index (χ0) is 14.1. The van der Waals surface area contributed by atoms with E-state index < -0.39 is 0 Å². The van der Waals surface area contributed by atoms with Crippen molar-refractivity contribution in [1.82, 2.24) is 5.32 Å². The fraction of sp³-hybridized carbons (Fsp3) is 0.176. The third-order valence-corrected chi connectivity index (χ3v) is 3.88. The molecule has 0 aliphatic heterocycles. The number of hydrogen-bond donors (Lipinski definition) is 1. The molecule has 0 fully saturated rings. The van der Waals surface area contributed by atoms with Gasteiger partial charge in [-0.15, -0.1) is 0 Å².